The van der Waals surface area contributed by atoms with Gasteiger partial charge in [-0.1, -0.05) is 48.5 Å². The minimum Gasteiger partial charge on any atom is -0.451 e. The predicted molar refractivity (Wildman–Crippen MR) is 110 cm³/mol. The van der Waals surface area contributed by atoms with Crippen LogP contribution in [-0.2, 0) is 16.0 Å². The molecule has 4 rings (SSSR count). The lowest BCUT2D eigenvalue weighted by Gasteiger charge is -2.22. The van der Waals surface area contributed by atoms with Gasteiger partial charge in [0.1, 0.15) is 4.88 Å². The molecule has 1 amide bonds. The van der Waals surface area contributed by atoms with E-state index in [1.165, 1.54) is 11.3 Å². The van der Waals surface area contributed by atoms with Gasteiger partial charge in [-0.2, -0.15) is 0 Å². The van der Waals surface area contributed by atoms with Crippen molar-refractivity contribution in [3.63, 3.8) is 0 Å². The van der Waals surface area contributed by atoms with Gasteiger partial charge in [0.2, 0.25) is 0 Å². The van der Waals surface area contributed by atoms with E-state index in [1.807, 2.05) is 68.4 Å². The zero-order chi connectivity index (χ0) is 19.7. The number of esters is 1. The van der Waals surface area contributed by atoms with E-state index in [1.54, 1.807) is 4.90 Å². The predicted octanol–water partition coefficient (Wildman–Crippen LogP) is 4.25. The number of rotatable bonds is 4. The van der Waals surface area contributed by atoms with Gasteiger partial charge in [0.25, 0.3) is 5.91 Å². The molecular formula is C22H20N2O3S. The summed E-state index contributed by atoms with van der Waals surface area (Å²) in [6.45, 7) is 3.56. The summed E-state index contributed by atoms with van der Waals surface area (Å²) in [5, 5.41) is 0.777. The first-order valence-electron chi connectivity index (χ1n) is 9.14. The molecule has 2 aromatic carbocycles. The van der Waals surface area contributed by atoms with Gasteiger partial charge in [-0.15, -0.1) is 11.3 Å². The van der Waals surface area contributed by atoms with Crippen LogP contribution in [0.4, 0.5) is 5.69 Å². The molecular weight excluding hydrogens is 372 g/mol. The Labute approximate surface area is 167 Å². The van der Waals surface area contributed by atoms with E-state index >= 15 is 0 Å². The van der Waals surface area contributed by atoms with E-state index in [0.29, 0.717) is 10.6 Å². The van der Waals surface area contributed by atoms with Crippen molar-refractivity contribution in [2.75, 3.05) is 11.5 Å². The second-order valence-electron chi connectivity index (χ2n) is 6.80. The van der Waals surface area contributed by atoms with Gasteiger partial charge in [0, 0.05) is 17.3 Å². The Morgan fingerprint density at radius 1 is 1.14 bits per heavy atom. The number of thiazole rings is 1. The van der Waals surface area contributed by atoms with Crippen LogP contribution >= 0.6 is 11.3 Å². The van der Waals surface area contributed by atoms with Gasteiger partial charge >= 0.3 is 5.97 Å². The molecule has 2 heterocycles. The quantitative estimate of drug-likeness (QED) is 0.623. The average Bonchev–Trinajstić information content (AvgIpc) is 3.25. The standard InChI is InChI=1S/C22H20N2O3S/c1-14-12-17-10-6-7-11-18(17)24(14)19(25)13-27-22(26)21-20(23-15(2)28-21)16-8-4-3-5-9-16/h3-11,14H,12-13H2,1-2H3/t14-/m0/s1. The fraction of sp³-hybridized carbons (Fsp3) is 0.227. The molecule has 142 valence electrons. The Hall–Kier alpha value is -2.99. The van der Waals surface area contributed by atoms with Crippen LogP contribution in [0, 0.1) is 6.92 Å². The van der Waals surface area contributed by atoms with E-state index in [4.69, 9.17) is 4.74 Å². The molecule has 0 unspecified atom stereocenters. The Morgan fingerprint density at radius 2 is 1.86 bits per heavy atom. The molecule has 5 nitrogen and oxygen atoms in total. The number of nitrogens with zero attached hydrogens (tertiary/aromatic N) is 2. The molecule has 1 aromatic heterocycles. The second-order valence-corrected chi connectivity index (χ2v) is 8.00. The first-order chi connectivity index (χ1) is 13.5. The molecule has 0 fully saturated rings. The first kappa shape index (κ1) is 18.4. The Kier molecular flexibility index (Phi) is 4.96. The van der Waals surface area contributed by atoms with E-state index in [0.717, 1.165) is 28.2 Å². The highest BCUT2D eigenvalue weighted by atomic mass is 32.1. The molecule has 6 heteroatoms. The normalized spacial score (nSPS) is 15.4. The van der Waals surface area contributed by atoms with Gasteiger partial charge in [0.15, 0.2) is 6.61 Å². The number of carbonyl (C=O) groups excluding carboxylic acids is 2. The number of benzene rings is 2. The fourth-order valence-electron chi connectivity index (χ4n) is 3.57. The topological polar surface area (TPSA) is 59.5 Å². The maximum absolute atomic E-state index is 12.8. The summed E-state index contributed by atoms with van der Waals surface area (Å²) >= 11 is 1.28. The molecule has 3 aromatic rings. The Morgan fingerprint density at radius 3 is 2.64 bits per heavy atom. The molecule has 0 saturated heterocycles. The SMILES string of the molecule is Cc1nc(-c2ccccc2)c(C(=O)OCC(=O)N2c3ccccc3C[C@@H]2C)s1. The van der Waals surface area contributed by atoms with Crippen molar-refractivity contribution in [3.05, 3.63) is 70.0 Å². The number of hydrogen-bond donors (Lipinski definition) is 0. The summed E-state index contributed by atoms with van der Waals surface area (Å²) in [6.07, 6.45) is 0.808. The minimum absolute atomic E-state index is 0.0501. The number of para-hydroxylation sites is 1. The molecule has 1 atom stereocenters. The fourth-order valence-corrected chi connectivity index (χ4v) is 4.40. The molecule has 0 radical (unpaired) electrons. The third-order valence-corrected chi connectivity index (χ3v) is 5.72. The van der Waals surface area contributed by atoms with Crippen LogP contribution in [0.2, 0.25) is 0 Å². The van der Waals surface area contributed by atoms with Crippen LogP contribution in [0.5, 0.6) is 0 Å². The van der Waals surface area contributed by atoms with Crippen molar-refractivity contribution >= 4 is 28.9 Å². The highest BCUT2D eigenvalue weighted by Crippen LogP contribution is 2.32. The van der Waals surface area contributed by atoms with Crippen molar-refractivity contribution in [1.82, 2.24) is 4.98 Å². The van der Waals surface area contributed by atoms with E-state index < -0.39 is 5.97 Å². The van der Waals surface area contributed by atoms with Crippen LogP contribution in [0.1, 0.15) is 27.2 Å². The number of aryl methyl sites for hydroxylation is 1. The Balaban J connectivity index is 1.49. The van der Waals surface area contributed by atoms with Gasteiger partial charge in [-0.3, -0.25) is 4.79 Å². The van der Waals surface area contributed by atoms with Crippen molar-refractivity contribution in [1.29, 1.82) is 0 Å². The molecule has 0 N–H and O–H groups in total. The van der Waals surface area contributed by atoms with Crippen molar-refractivity contribution < 1.29 is 14.3 Å². The number of anilines is 1. The Bertz CT molecular complexity index is 1030. The van der Waals surface area contributed by atoms with E-state index in [-0.39, 0.29) is 18.6 Å². The number of fused-ring (bicyclic) bond motifs is 1. The number of amides is 1. The maximum Gasteiger partial charge on any atom is 0.351 e. The van der Waals surface area contributed by atoms with Crippen LogP contribution in [-0.4, -0.2) is 29.5 Å². The van der Waals surface area contributed by atoms with Crippen LogP contribution < -0.4 is 4.90 Å². The van der Waals surface area contributed by atoms with Gasteiger partial charge in [-0.05, 0) is 31.9 Å². The molecule has 0 saturated carbocycles. The summed E-state index contributed by atoms with van der Waals surface area (Å²) in [5.41, 5.74) is 3.49. The monoisotopic (exact) mass is 392 g/mol. The van der Waals surface area contributed by atoms with Crippen molar-refractivity contribution in [2.24, 2.45) is 0 Å². The minimum atomic E-state index is -0.516. The van der Waals surface area contributed by atoms with Crippen LogP contribution in [0.3, 0.4) is 0 Å². The van der Waals surface area contributed by atoms with Crippen molar-refractivity contribution in [2.45, 2.75) is 26.3 Å². The zero-order valence-electron chi connectivity index (χ0n) is 15.7. The van der Waals surface area contributed by atoms with E-state index in [2.05, 4.69) is 4.98 Å². The highest BCUT2D eigenvalue weighted by molar-refractivity contribution is 7.14. The third-order valence-electron chi connectivity index (χ3n) is 4.77. The molecule has 28 heavy (non-hydrogen) atoms. The zero-order valence-corrected chi connectivity index (χ0v) is 16.5. The molecule has 0 aliphatic carbocycles. The summed E-state index contributed by atoms with van der Waals surface area (Å²) in [4.78, 5) is 32.0. The largest absolute Gasteiger partial charge is 0.451 e. The molecule has 0 spiro atoms. The molecule has 0 bridgehead atoms. The number of hydrogen-bond acceptors (Lipinski definition) is 5. The van der Waals surface area contributed by atoms with Crippen LogP contribution in [0.15, 0.2) is 54.6 Å². The molecule has 1 aliphatic heterocycles. The average molecular weight is 392 g/mol. The summed E-state index contributed by atoms with van der Waals surface area (Å²) in [5.74, 6) is -0.730. The lowest BCUT2D eigenvalue weighted by atomic mass is 10.1. The van der Waals surface area contributed by atoms with Crippen LogP contribution in [0.25, 0.3) is 11.3 Å². The van der Waals surface area contributed by atoms with Gasteiger partial charge in [-0.25, -0.2) is 9.78 Å². The lowest BCUT2D eigenvalue weighted by Crippen LogP contribution is -2.38. The maximum atomic E-state index is 12.8. The highest BCUT2D eigenvalue weighted by Gasteiger charge is 2.31. The molecule has 1 aliphatic rings. The number of aromatic nitrogens is 1. The van der Waals surface area contributed by atoms with Gasteiger partial charge in [0.05, 0.1) is 10.7 Å². The number of ether oxygens (including phenoxy) is 1. The lowest BCUT2D eigenvalue weighted by molar-refractivity contribution is -0.122. The summed E-state index contributed by atoms with van der Waals surface area (Å²) in [7, 11) is 0. The van der Waals surface area contributed by atoms with Crippen molar-refractivity contribution in [3.8, 4) is 11.3 Å². The number of carbonyl (C=O) groups is 2. The third kappa shape index (κ3) is 3.43. The summed E-state index contributed by atoms with van der Waals surface area (Å²) < 4.78 is 5.38. The second kappa shape index (κ2) is 7.56. The van der Waals surface area contributed by atoms with Gasteiger partial charge < -0.3 is 9.64 Å². The van der Waals surface area contributed by atoms with E-state index in [9.17, 15) is 9.59 Å². The smallest absolute Gasteiger partial charge is 0.351 e. The summed E-state index contributed by atoms with van der Waals surface area (Å²) in [6, 6.07) is 17.4. The first-order valence-corrected chi connectivity index (χ1v) is 9.96.